The maximum atomic E-state index is 11.1. The number of carbonyl (C=O) groups is 1. The number of aliphatic hydroxyl groups excluding tert-OH is 1. The van der Waals surface area contributed by atoms with Crippen LogP contribution in [-0.2, 0) is 4.79 Å². The summed E-state index contributed by atoms with van der Waals surface area (Å²) in [5, 5.41) is 8.95. The van der Waals surface area contributed by atoms with E-state index in [4.69, 9.17) is 5.11 Å². The molecular weight excluding hydrogens is 188 g/mol. The summed E-state index contributed by atoms with van der Waals surface area (Å²) in [6, 6.07) is 8.16. The molecule has 0 heterocycles. The Kier molecular flexibility index (Phi) is 4.50. The molecule has 0 fully saturated rings. The Hall–Kier alpha value is -1.15. The van der Waals surface area contributed by atoms with Crippen molar-refractivity contribution in [2.24, 2.45) is 0 Å². The Balaban J connectivity index is 2.78. The number of benzene rings is 1. The molecule has 0 spiro atoms. The van der Waals surface area contributed by atoms with Gasteiger partial charge < -0.3 is 9.90 Å². The van der Waals surface area contributed by atoms with E-state index in [0.29, 0.717) is 12.8 Å². The SMILES string of the molecule is CC(=O)CC(CCO)c1ccc(C)cc1. The minimum atomic E-state index is 0.131. The number of carbonyl (C=O) groups excluding carboxylic acids is 1. The van der Waals surface area contributed by atoms with E-state index in [0.717, 1.165) is 5.56 Å². The molecule has 2 nitrogen and oxygen atoms in total. The molecule has 0 amide bonds. The molecule has 0 radical (unpaired) electrons. The maximum Gasteiger partial charge on any atom is 0.130 e. The lowest BCUT2D eigenvalue weighted by Crippen LogP contribution is -2.06. The topological polar surface area (TPSA) is 37.3 Å². The first-order valence-electron chi connectivity index (χ1n) is 5.30. The van der Waals surface area contributed by atoms with Crippen molar-refractivity contribution >= 4 is 5.78 Å². The lowest BCUT2D eigenvalue weighted by atomic mass is 9.91. The molecule has 2 heteroatoms. The highest BCUT2D eigenvalue weighted by molar-refractivity contribution is 5.76. The summed E-state index contributed by atoms with van der Waals surface area (Å²) < 4.78 is 0. The van der Waals surface area contributed by atoms with Gasteiger partial charge in [-0.1, -0.05) is 29.8 Å². The Morgan fingerprint density at radius 2 is 1.93 bits per heavy atom. The predicted molar refractivity (Wildman–Crippen MR) is 60.9 cm³/mol. The molecule has 1 aromatic rings. The second-order valence-electron chi connectivity index (χ2n) is 4.03. The van der Waals surface area contributed by atoms with Crippen molar-refractivity contribution in [2.75, 3.05) is 6.61 Å². The molecule has 0 saturated carbocycles. The zero-order valence-electron chi connectivity index (χ0n) is 9.36. The van der Waals surface area contributed by atoms with Crippen molar-refractivity contribution in [1.82, 2.24) is 0 Å². The molecule has 1 aromatic carbocycles. The third kappa shape index (κ3) is 3.84. The van der Waals surface area contributed by atoms with Crippen LogP contribution in [0.4, 0.5) is 0 Å². The molecule has 1 unspecified atom stereocenters. The van der Waals surface area contributed by atoms with Gasteiger partial charge in [0.1, 0.15) is 5.78 Å². The number of hydrogen-bond donors (Lipinski definition) is 1. The van der Waals surface area contributed by atoms with E-state index in [9.17, 15) is 4.79 Å². The molecule has 0 aliphatic rings. The predicted octanol–water partition coefficient (Wildman–Crippen LogP) is 2.44. The van der Waals surface area contributed by atoms with Crippen LogP contribution >= 0.6 is 0 Å². The fourth-order valence-corrected chi connectivity index (χ4v) is 1.73. The first-order valence-corrected chi connectivity index (χ1v) is 5.30. The molecule has 1 N–H and O–H groups in total. The van der Waals surface area contributed by atoms with Crippen LogP contribution < -0.4 is 0 Å². The van der Waals surface area contributed by atoms with Crippen LogP contribution in [0.25, 0.3) is 0 Å². The van der Waals surface area contributed by atoms with E-state index < -0.39 is 0 Å². The molecule has 15 heavy (non-hydrogen) atoms. The van der Waals surface area contributed by atoms with Crippen molar-refractivity contribution in [1.29, 1.82) is 0 Å². The molecule has 0 aromatic heterocycles. The molecule has 0 aliphatic heterocycles. The van der Waals surface area contributed by atoms with Crippen molar-refractivity contribution in [2.45, 2.75) is 32.6 Å². The fraction of sp³-hybridized carbons (Fsp3) is 0.462. The summed E-state index contributed by atoms with van der Waals surface area (Å²) in [4.78, 5) is 11.1. The summed E-state index contributed by atoms with van der Waals surface area (Å²) in [5.41, 5.74) is 2.36. The molecular formula is C13H18O2. The summed E-state index contributed by atoms with van der Waals surface area (Å²) in [6.07, 6.45) is 1.17. The van der Waals surface area contributed by atoms with Crippen molar-refractivity contribution in [3.05, 3.63) is 35.4 Å². The van der Waals surface area contributed by atoms with Crippen LogP contribution in [0.3, 0.4) is 0 Å². The molecule has 0 saturated heterocycles. The smallest absolute Gasteiger partial charge is 0.130 e. The normalized spacial score (nSPS) is 12.5. The zero-order valence-corrected chi connectivity index (χ0v) is 9.36. The van der Waals surface area contributed by atoms with Gasteiger partial charge in [-0.05, 0) is 31.7 Å². The lowest BCUT2D eigenvalue weighted by Gasteiger charge is -2.14. The molecule has 0 aliphatic carbocycles. The molecule has 0 bridgehead atoms. The summed E-state index contributed by atoms with van der Waals surface area (Å²) in [5.74, 6) is 0.335. The highest BCUT2D eigenvalue weighted by Gasteiger charge is 2.12. The van der Waals surface area contributed by atoms with Gasteiger partial charge in [0.2, 0.25) is 0 Å². The average Bonchev–Trinajstić information content (AvgIpc) is 2.17. The van der Waals surface area contributed by atoms with Crippen LogP contribution in [0, 0.1) is 6.92 Å². The van der Waals surface area contributed by atoms with Gasteiger partial charge in [-0.3, -0.25) is 0 Å². The standard InChI is InChI=1S/C13H18O2/c1-10-3-5-12(6-4-10)13(7-8-14)9-11(2)15/h3-6,13-14H,7-9H2,1-2H3. The van der Waals surface area contributed by atoms with Gasteiger partial charge in [-0.25, -0.2) is 0 Å². The van der Waals surface area contributed by atoms with Crippen molar-refractivity contribution < 1.29 is 9.90 Å². The number of aryl methyl sites for hydroxylation is 1. The van der Waals surface area contributed by atoms with Crippen molar-refractivity contribution in [3.8, 4) is 0 Å². The van der Waals surface area contributed by atoms with Gasteiger partial charge in [-0.2, -0.15) is 0 Å². The van der Waals surface area contributed by atoms with Gasteiger partial charge >= 0.3 is 0 Å². The van der Waals surface area contributed by atoms with Gasteiger partial charge in [0.25, 0.3) is 0 Å². The summed E-state index contributed by atoms with van der Waals surface area (Å²) in [7, 11) is 0. The Morgan fingerprint density at radius 1 is 1.33 bits per heavy atom. The zero-order chi connectivity index (χ0) is 11.3. The largest absolute Gasteiger partial charge is 0.396 e. The monoisotopic (exact) mass is 206 g/mol. The minimum Gasteiger partial charge on any atom is -0.396 e. The third-order valence-corrected chi connectivity index (χ3v) is 2.56. The van der Waals surface area contributed by atoms with E-state index in [-0.39, 0.29) is 18.3 Å². The van der Waals surface area contributed by atoms with E-state index in [1.807, 2.05) is 31.2 Å². The van der Waals surface area contributed by atoms with Crippen LogP contribution in [0.1, 0.15) is 36.8 Å². The van der Waals surface area contributed by atoms with Crippen LogP contribution in [0.15, 0.2) is 24.3 Å². The number of ketones is 1. The first kappa shape index (κ1) is 11.9. The molecule has 1 rings (SSSR count). The van der Waals surface area contributed by atoms with Gasteiger partial charge in [0, 0.05) is 13.0 Å². The van der Waals surface area contributed by atoms with Gasteiger partial charge in [0.05, 0.1) is 0 Å². The average molecular weight is 206 g/mol. The van der Waals surface area contributed by atoms with E-state index >= 15 is 0 Å². The first-order chi connectivity index (χ1) is 7.13. The Bertz CT molecular complexity index is 314. The lowest BCUT2D eigenvalue weighted by molar-refractivity contribution is -0.117. The number of Topliss-reactive ketones (excluding diaryl/α,β-unsaturated/α-hetero) is 1. The van der Waals surface area contributed by atoms with Gasteiger partial charge in [0.15, 0.2) is 0 Å². The minimum absolute atomic E-state index is 0.131. The van der Waals surface area contributed by atoms with E-state index in [1.54, 1.807) is 6.92 Å². The fourth-order valence-electron chi connectivity index (χ4n) is 1.73. The number of hydrogen-bond acceptors (Lipinski definition) is 2. The van der Waals surface area contributed by atoms with Crippen LogP contribution in [-0.4, -0.2) is 17.5 Å². The quantitative estimate of drug-likeness (QED) is 0.803. The van der Waals surface area contributed by atoms with Crippen molar-refractivity contribution in [3.63, 3.8) is 0 Å². The van der Waals surface area contributed by atoms with E-state index in [2.05, 4.69) is 0 Å². The Morgan fingerprint density at radius 3 is 2.40 bits per heavy atom. The highest BCUT2D eigenvalue weighted by Crippen LogP contribution is 2.23. The molecule has 82 valence electrons. The second kappa shape index (κ2) is 5.66. The van der Waals surface area contributed by atoms with Crippen LogP contribution in [0.5, 0.6) is 0 Å². The number of aliphatic hydroxyl groups is 1. The number of rotatable bonds is 5. The highest BCUT2D eigenvalue weighted by atomic mass is 16.3. The van der Waals surface area contributed by atoms with Gasteiger partial charge in [-0.15, -0.1) is 0 Å². The summed E-state index contributed by atoms with van der Waals surface area (Å²) >= 11 is 0. The van der Waals surface area contributed by atoms with Crippen LogP contribution in [0.2, 0.25) is 0 Å². The molecule has 1 atom stereocenters. The second-order valence-corrected chi connectivity index (χ2v) is 4.03. The Labute approximate surface area is 90.9 Å². The summed E-state index contributed by atoms with van der Waals surface area (Å²) in [6.45, 7) is 3.76. The third-order valence-electron chi connectivity index (χ3n) is 2.56. The maximum absolute atomic E-state index is 11.1. The van der Waals surface area contributed by atoms with E-state index in [1.165, 1.54) is 5.56 Å².